The summed E-state index contributed by atoms with van der Waals surface area (Å²) in [5.41, 5.74) is 2.56. The normalized spacial score (nSPS) is 40.1. The SMILES string of the molecule is CC(=NC1C(C)CCC[C@H]1C)C1CCCC(C(C)=NC2C(C)CCC[C@@H]2C)[N-]1.[Cl][Fe+][Cl]. The van der Waals surface area contributed by atoms with Gasteiger partial charge in [-0.25, -0.2) is 0 Å². The predicted molar refractivity (Wildman–Crippen MR) is 135 cm³/mol. The summed E-state index contributed by atoms with van der Waals surface area (Å²) in [5, 5.41) is 5.25. The quantitative estimate of drug-likeness (QED) is 0.268. The Hall–Kier alpha value is 0.399. The maximum absolute atomic E-state index is 5.25. The Kier molecular flexibility index (Phi) is 12.4. The van der Waals surface area contributed by atoms with Crippen LogP contribution in [0.4, 0.5) is 0 Å². The molecular weight excluding hydrogens is 469 g/mol. The van der Waals surface area contributed by atoms with E-state index in [9.17, 15) is 0 Å². The van der Waals surface area contributed by atoms with Crippen LogP contribution in [0.2, 0.25) is 0 Å². The van der Waals surface area contributed by atoms with E-state index in [0.717, 1.165) is 23.7 Å². The van der Waals surface area contributed by atoms with E-state index in [2.05, 4.69) is 41.5 Å². The fourth-order valence-electron chi connectivity index (χ4n) is 5.98. The van der Waals surface area contributed by atoms with Crippen LogP contribution in [0.5, 0.6) is 0 Å². The van der Waals surface area contributed by atoms with Crippen LogP contribution < -0.4 is 0 Å². The molecule has 0 aromatic carbocycles. The third-order valence-electron chi connectivity index (χ3n) is 7.95. The van der Waals surface area contributed by atoms with Crippen LogP contribution in [0.25, 0.3) is 5.32 Å². The zero-order valence-corrected chi connectivity index (χ0v) is 23.0. The maximum atomic E-state index is 5.25. The molecule has 1 heterocycles. The molecule has 2 aliphatic carbocycles. The van der Waals surface area contributed by atoms with E-state index in [0.29, 0.717) is 24.2 Å². The van der Waals surface area contributed by atoms with E-state index in [1.807, 2.05) is 0 Å². The van der Waals surface area contributed by atoms with Gasteiger partial charge in [0.2, 0.25) is 0 Å². The molecule has 0 N–H and O–H groups in total. The Bertz CT molecular complexity index is 529. The van der Waals surface area contributed by atoms with Crippen molar-refractivity contribution < 1.29 is 13.1 Å². The first-order valence-corrected chi connectivity index (χ1v) is 15.5. The second kappa shape index (κ2) is 14.0. The van der Waals surface area contributed by atoms with E-state index in [-0.39, 0.29) is 13.1 Å². The molecule has 6 unspecified atom stereocenters. The van der Waals surface area contributed by atoms with Crippen molar-refractivity contribution >= 4 is 31.6 Å². The minimum atomic E-state index is 0.194. The summed E-state index contributed by atoms with van der Waals surface area (Å²) in [6.45, 7) is 14.0. The van der Waals surface area contributed by atoms with Crippen molar-refractivity contribution in [2.24, 2.45) is 33.7 Å². The summed E-state index contributed by atoms with van der Waals surface area (Å²) in [7, 11) is 9.53. The molecular formula is C25H44Cl2FeN3. The Morgan fingerprint density at radius 3 is 1.26 bits per heavy atom. The van der Waals surface area contributed by atoms with Crippen LogP contribution in [-0.4, -0.2) is 35.6 Å². The summed E-state index contributed by atoms with van der Waals surface area (Å²) < 4.78 is 0. The molecule has 0 bridgehead atoms. The third kappa shape index (κ3) is 8.29. The van der Waals surface area contributed by atoms with E-state index in [1.165, 1.54) is 69.2 Å². The zero-order valence-electron chi connectivity index (χ0n) is 20.4. The van der Waals surface area contributed by atoms with Gasteiger partial charge in [0.25, 0.3) is 0 Å². The van der Waals surface area contributed by atoms with Gasteiger partial charge in [0, 0.05) is 0 Å². The van der Waals surface area contributed by atoms with Crippen molar-refractivity contribution in [1.29, 1.82) is 0 Å². The first-order valence-electron chi connectivity index (χ1n) is 12.4. The molecule has 6 heteroatoms. The first kappa shape index (κ1) is 27.6. The van der Waals surface area contributed by atoms with Gasteiger partial charge in [-0.2, -0.15) is 0 Å². The van der Waals surface area contributed by atoms with Crippen molar-refractivity contribution in [3.8, 4) is 0 Å². The number of hydrogen-bond acceptors (Lipinski definition) is 2. The van der Waals surface area contributed by atoms with Crippen molar-refractivity contribution in [2.75, 3.05) is 0 Å². The first-order chi connectivity index (χ1) is 14.8. The molecule has 0 spiro atoms. The average Bonchev–Trinajstić information content (AvgIpc) is 2.74. The van der Waals surface area contributed by atoms with Crippen LogP contribution in [0.3, 0.4) is 0 Å². The molecule has 3 rings (SSSR count). The fourth-order valence-corrected chi connectivity index (χ4v) is 5.98. The average molecular weight is 513 g/mol. The molecule has 3 aliphatic rings. The molecule has 3 nitrogen and oxygen atoms in total. The summed E-state index contributed by atoms with van der Waals surface area (Å²) in [6.07, 6.45) is 11.7. The van der Waals surface area contributed by atoms with Gasteiger partial charge in [0.1, 0.15) is 0 Å². The van der Waals surface area contributed by atoms with Gasteiger partial charge in [-0.05, 0) is 74.6 Å². The molecule has 0 aromatic rings. The van der Waals surface area contributed by atoms with Crippen LogP contribution in [-0.2, 0) is 13.1 Å². The van der Waals surface area contributed by atoms with Gasteiger partial charge in [-0.15, -0.1) is 0 Å². The fraction of sp³-hybridized carbons (Fsp3) is 0.920. The Morgan fingerprint density at radius 2 is 0.935 bits per heavy atom. The molecule has 2 saturated carbocycles. The monoisotopic (exact) mass is 512 g/mol. The summed E-state index contributed by atoms with van der Waals surface area (Å²) in [5.74, 6) is 2.87. The Balaban J connectivity index is 0.00000107. The number of aliphatic imine (C=N–C) groups is 2. The molecule has 1 saturated heterocycles. The second-order valence-electron chi connectivity index (χ2n) is 10.5. The molecule has 8 atom stereocenters. The van der Waals surface area contributed by atoms with Crippen molar-refractivity contribution in [2.45, 2.75) is 123 Å². The molecule has 3 fully saturated rings. The topological polar surface area (TPSA) is 38.8 Å². The minimum absolute atomic E-state index is 0.194. The van der Waals surface area contributed by atoms with Gasteiger partial charge in [-0.3, -0.25) is 9.98 Å². The van der Waals surface area contributed by atoms with E-state index < -0.39 is 0 Å². The zero-order chi connectivity index (χ0) is 23.0. The van der Waals surface area contributed by atoms with Crippen LogP contribution in [0, 0.1) is 23.7 Å². The van der Waals surface area contributed by atoms with E-state index in [4.69, 9.17) is 35.5 Å². The summed E-state index contributed by atoms with van der Waals surface area (Å²) in [4.78, 5) is 10.5. The number of piperidine rings is 1. The van der Waals surface area contributed by atoms with Crippen LogP contribution in [0.15, 0.2) is 9.98 Å². The van der Waals surface area contributed by atoms with E-state index in [1.54, 1.807) is 0 Å². The molecule has 181 valence electrons. The summed E-state index contributed by atoms with van der Waals surface area (Å²) in [6, 6.07) is 1.63. The van der Waals surface area contributed by atoms with E-state index >= 15 is 0 Å². The number of rotatable bonds is 4. The summed E-state index contributed by atoms with van der Waals surface area (Å²) >= 11 is 0.194. The third-order valence-corrected chi connectivity index (χ3v) is 7.95. The standard InChI is InChI=1S/C25H44N3.2ClH.Fe/c1-16-10-7-11-17(2)24(16)26-20(5)22-14-9-15-23(28-22)21(6)27-25-18(3)12-8-13-19(25)4;;;/h16-19,22-25H,7-15H2,1-6H3;2*1H;/q-1;;;+3/p-2/t16-,17?,18+,19?,22?,23?,24?,25?;;;. The van der Waals surface area contributed by atoms with Gasteiger partial charge in [0.05, 0.1) is 12.1 Å². The number of hydrogen-bond donors (Lipinski definition) is 0. The molecule has 0 amide bonds. The molecule has 0 aromatic heterocycles. The van der Waals surface area contributed by atoms with Crippen molar-refractivity contribution in [3.63, 3.8) is 0 Å². The number of nitrogens with zero attached hydrogens (tertiary/aromatic N) is 3. The van der Waals surface area contributed by atoms with Gasteiger partial charge < -0.3 is 5.32 Å². The van der Waals surface area contributed by atoms with Crippen molar-refractivity contribution in [1.82, 2.24) is 0 Å². The second-order valence-corrected chi connectivity index (χ2v) is 12.3. The van der Waals surface area contributed by atoms with Crippen LogP contribution >= 0.6 is 20.2 Å². The van der Waals surface area contributed by atoms with Crippen LogP contribution in [0.1, 0.15) is 99.3 Å². The molecule has 31 heavy (non-hydrogen) atoms. The molecule has 1 aliphatic heterocycles. The predicted octanol–water partition coefficient (Wildman–Crippen LogP) is 8.23. The van der Waals surface area contributed by atoms with Gasteiger partial charge in [0.15, 0.2) is 0 Å². The Morgan fingerprint density at radius 1 is 0.645 bits per heavy atom. The number of halogens is 2. The van der Waals surface area contributed by atoms with Gasteiger partial charge in [-0.1, -0.05) is 71.9 Å². The van der Waals surface area contributed by atoms with Gasteiger partial charge >= 0.3 is 33.3 Å². The Labute approximate surface area is 206 Å². The molecule has 0 radical (unpaired) electrons. The van der Waals surface area contributed by atoms with Crippen molar-refractivity contribution in [3.05, 3.63) is 5.32 Å².